The summed E-state index contributed by atoms with van der Waals surface area (Å²) >= 11 is 0. The molecule has 0 saturated heterocycles. The van der Waals surface area contributed by atoms with Crippen LogP contribution in [-0.2, 0) is 11.2 Å². The Bertz CT molecular complexity index is 431. The summed E-state index contributed by atoms with van der Waals surface area (Å²) in [5.74, 6) is -0.211. The van der Waals surface area contributed by atoms with Gasteiger partial charge in [-0.15, -0.1) is 0 Å². The van der Waals surface area contributed by atoms with Crippen LogP contribution in [0.2, 0.25) is 0 Å². The fourth-order valence-electron chi connectivity index (χ4n) is 2.62. The van der Waals surface area contributed by atoms with Gasteiger partial charge in [-0.1, -0.05) is 64.5 Å². The van der Waals surface area contributed by atoms with Crippen LogP contribution in [0.1, 0.15) is 77.2 Å². The second-order valence-electron chi connectivity index (χ2n) is 6.25. The summed E-state index contributed by atoms with van der Waals surface area (Å²) in [7, 11) is 0. The quantitative estimate of drug-likeness (QED) is 0.406. The molecule has 1 aromatic rings. The minimum absolute atomic E-state index is 0. The standard InChI is InChI=1S/C20H32O3.Na.H/c1-3-5-7-8-9-10-12-19(20(21)22)23-18-15-13-17(14-16-18)11-6-4-2;;/h13-16,19H,3-12H2,1-2H3,(H,21,22);;. The van der Waals surface area contributed by atoms with Gasteiger partial charge in [0, 0.05) is 0 Å². The zero-order valence-corrected chi connectivity index (χ0v) is 14.7. The Hall–Kier alpha value is -0.510. The molecule has 0 saturated carbocycles. The van der Waals surface area contributed by atoms with Gasteiger partial charge in [-0.05, 0) is 43.4 Å². The third kappa shape index (κ3) is 10.4. The molecule has 1 unspecified atom stereocenters. The number of carboxylic acid groups (broad SMARTS) is 1. The van der Waals surface area contributed by atoms with Gasteiger partial charge < -0.3 is 9.84 Å². The number of carboxylic acids is 1. The maximum absolute atomic E-state index is 11.4. The van der Waals surface area contributed by atoms with Crippen molar-refractivity contribution in [3.8, 4) is 5.75 Å². The molecule has 4 heteroatoms. The number of hydrogen-bond donors (Lipinski definition) is 1. The number of aliphatic carboxylic acids is 1. The number of unbranched alkanes of at least 4 members (excludes halogenated alkanes) is 6. The average molecular weight is 344 g/mol. The number of benzene rings is 1. The van der Waals surface area contributed by atoms with Crippen LogP contribution in [0.15, 0.2) is 24.3 Å². The molecule has 24 heavy (non-hydrogen) atoms. The molecule has 0 heterocycles. The fourth-order valence-corrected chi connectivity index (χ4v) is 2.62. The normalized spacial score (nSPS) is 11.6. The van der Waals surface area contributed by atoms with Crippen molar-refractivity contribution >= 4 is 35.5 Å². The molecule has 1 atom stereocenters. The predicted molar refractivity (Wildman–Crippen MR) is 102 cm³/mol. The molecule has 0 aromatic heterocycles. The third-order valence-corrected chi connectivity index (χ3v) is 4.12. The third-order valence-electron chi connectivity index (χ3n) is 4.12. The molecule has 0 spiro atoms. The summed E-state index contributed by atoms with van der Waals surface area (Å²) in [6, 6.07) is 7.85. The summed E-state index contributed by atoms with van der Waals surface area (Å²) in [6.45, 7) is 4.37. The monoisotopic (exact) mass is 344 g/mol. The Kier molecular flexibility index (Phi) is 14.5. The molecule has 3 nitrogen and oxygen atoms in total. The first-order valence-electron chi connectivity index (χ1n) is 9.15. The van der Waals surface area contributed by atoms with E-state index in [9.17, 15) is 9.90 Å². The van der Waals surface area contributed by atoms with E-state index in [0.717, 1.165) is 19.3 Å². The zero-order chi connectivity index (χ0) is 16.9. The summed E-state index contributed by atoms with van der Waals surface area (Å²) < 4.78 is 5.66. The summed E-state index contributed by atoms with van der Waals surface area (Å²) in [4.78, 5) is 11.4. The van der Waals surface area contributed by atoms with E-state index in [1.165, 1.54) is 44.1 Å². The fraction of sp³-hybridized carbons (Fsp3) is 0.650. The van der Waals surface area contributed by atoms with Crippen molar-refractivity contribution in [2.75, 3.05) is 0 Å². The van der Waals surface area contributed by atoms with Gasteiger partial charge in [0.1, 0.15) is 5.75 Å². The van der Waals surface area contributed by atoms with Crippen molar-refractivity contribution in [1.29, 1.82) is 0 Å². The molecule has 0 aliphatic rings. The molecular weight excluding hydrogens is 311 g/mol. The van der Waals surface area contributed by atoms with Crippen molar-refractivity contribution in [3.05, 3.63) is 29.8 Å². The van der Waals surface area contributed by atoms with Gasteiger partial charge in [0.15, 0.2) is 6.10 Å². The van der Waals surface area contributed by atoms with E-state index < -0.39 is 12.1 Å². The van der Waals surface area contributed by atoms with Crippen LogP contribution in [0.5, 0.6) is 5.75 Å². The van der Waals surface area contributed by atoms with E-state index >= 15 is 0 Å². The van der Waals surface area contributed by atoms with Gasteiger partial charge in [-0.2, -0.15) is 0 Å². The van der Waals surface area contributed by atoms with Gasteiger partial charge in [0.05, 0.1) is 0 Å². The van der Waals surface area contributed by atoms with Crippen LogP contribution in [0.3, 0.4) is 0 Å². The number of ether oxygens (including phenoxy) is 1. The molecule has 132 valence electrons. The number of rotatable bonds is 13. The Balaban J connectivity index is 0.00000529. The van der Waals surface area contributed by atoms with E-state index in [1.54, 1.807) is 0 Å². The molecule has 1 N–H and O–H groups in total. The first-order valence-corrected chi connectivity index (χ1v) is 9.15. The molecule has 1 aromatic carbocycles. The molecule has 0 aliphatic carbocycles. The van der Waals surface area contributed by atoms with Crippen LogP contribution in [0.25, 0.3) is 0 Å². The zero-order valence-electron chi connectivity index (χ0n) is 14.7. The molecule has 0 bridgehead atoms. The minimum atomic E-state index is -0.867. The first-order chi connectivity index (χ1) is 11.2. The molecule has 1 rings (SSSR count). The van der Waals surface area contributed by atoms with Gasteiger partial charge in [0.2, 0.25) is 0 Å². The van der Waals surface area contributed by atoms with Gasteiger partial charge in [-0.25, -0.2) is 4.79 Å². The Morgan fingerprint density at radius 3 is 2.12 bits per heavy atom. The van der Waals surface area contributed by atoms with Crippen molar-refractivity contribution in [2.45, 2.75) is 84.2 Å². The second kappa shape index (κ2) is 14.8. The van der Waals surface area contributed by atoms with Crippen LogP contribution in [-0.4, -0.2) is 46.7 Å². The topological polar surface area (TPSA) is 46.5 Å². The van der Waals surface area contributed by atoms with Crippen LogP contribution in [0, 0.1) is 0 Å². The SMILES string of the molecule is CCCCCCCCC(Oc1ccc(CCCC)cc1)C(=O)O.[NaH]. The number of carbonyl (C=O) groups is 1. The van der Waals surface area contributed by atoms with E-state index in [1.807, 2.05) is 24.3 Å². The second-order valence-corrected chi connectivity index (χ2v) is 6.25. The van der Waals surface area contributed by atoms with E-state index in [-0.39, 0.29) is 29.6 Å². The van der Waals surface area contributed by atoms with Gasteiger partial charge >= 0.3 is 35.5 Å². The van der Waals surface area contributed by atoms with Crippen molar-refractivity contribution in [2.24, 2.45) is 0 Å². The molecular formula is C20H33NaO3. The van der Waals surface area contributed by atoms with Crippen molar-refractivity contribution in [1.82, 2.24) is 0 Å². The maximum atomic E-state index is 11.4. The Morgan fingerprint density at radius 2 is 1.54 bits per heavy atom. The first kappa shape index (κ1) is 23.5. The van der Waals surface area contributed by atoms with Gasteiger partial charge in [-0.3, -0.25) is 0 Å². The number of aryl methyl sites for hydroxylation is 1. The van der Waals surface area contributed by atoms with E-state index in [0.29, 0.717) is 12.2 Å². The molecule has 0 amide bonds. The predicted octanol–water partition coefficient (Wildman–Crippen LogP) is 4.96. The Labute approximate surface area is 169 Å². The average Bonchev–Trinajstić information content (AvgIpc) is 2.56. The van der Waals surface area contributed by atoms with E-state index in [2.05, 4.69) is 13.8 Å². The van der Waals surface area contributed by atoms with E-state index in [4.69, 9.17) is 4.74 Å². The van der Waals surface area contributed by atoms with Crippen molar-refractivity contribution in [3.63, 3.8) is 0 Å². The van der Waals surface area contributed by atoms with Crippen LogP contribution >= 0.6 is 0 Å². The van der Waals surface area contributed by atoms with Crippen LogP contribution in [0.4, 0.5) is 0 Å². The van der Waals surface area contributed by atoms with Crippen LogP contribution < -0.4 is 4.74 Å². The molecule has 0 radical (unpaired) electrons. The summed E-state index contributed by atoms with van der Waals surface area (Å²) in [5, 5.41) is 9.32. The van der Waals surface area contributed by atoms with Gasteiger partial charge in [0.25, 0.3) is 0 Å². The molecule has 0 aliphatic heterocycles. The Morgan fingerprint density at radius 1 is 0.958 bits per heavy atom. The molecule has 0 fully saturated rings. The summed E-state index contributed by atoms with van der Waals surface area (Å²) in [6.07, 6.45) is 10.2. The number of hydrogen-bond acceptors (Lipinski definition) is 2. The summed E-state index contributed by atoms with van der Waals surface area (Å²) in [5.41, 5.74) is 1.28. The van der Waals surface area contributed by atoms with Crippen molar-refractivity contribution < 1.29 is 14.6 Å².